The normalized spacial score (nSPS) is 10.9. The smallest absolute Gasteiger partial charge is 0.304 e. The van der Waals surface area contributed by atoms with Crippen molar-refractivity contribution in [3.8, 4) is 0 Å². The molecule has 0 saturated heterocycles. The highest BCUT2D eigenvalue weighted by atomic mass is 35.5. The number of carbonyl (C=O) groups excluding carboxylic acids is 1. The highest BCUT2D eigenvalue weighted by Gasteiger charge is 2.15. The number of benzene rings is 1. The average Bonchev–Trinajstić information content (AvgIpc) is 2.37. The van der Waals surface area contributed by atoms with Crippen LogP contribution in [0.15, 0.2) is 18.2 Å². The average molecular weight is 321 g/mol. The van der Waals surface area contributed by atoms with Gasteiger partial charge in [-0.05, 0) is 18.2 Å². The van der Waals surface area contributed by atoms with Gasteiger partial charge in [0, 0.05) is 12.7 Å². The van der Waals surface area contributed by atoms with E-state index in [4.69, 9.17) is 16.7 Å². The molecular weight excluding hydrogens is 308 g/mol. The third-order valence-electron chi connectivity index (χ3n) is 2.30. The maximum atomic E-state index is 11.6. The van der Waals surface area contributed by atoms with Crippen LogP contribution in [-0.4, -0.2) is 38.2 Å². The number of anilines is 1. The standard InChI is InChI=1S/C11H13ClN2O5S/c1-13-11(17)8-6-7(2-3-9(8)12)14-20(18,19)5-4-10(15)16/h2-3,6,14H,4-5H2,1H3,(H,13,17)(H,15,16). The van der Waals surface area contributed by atoms with E-state index in [1.807, 2.05) is 0 Å². The van der Waals surface area contributed by atoms with Gasteiger partial charge in [0.25, 0.3) is 5.91 Å². The Hall–Kier alpha value is -1.80. The first kappa shape index (κ1) is 16.3. The number of carboxylic acid groups (broad SMARTS) is 1. The van der Waals surface area contributed by atoms with Crippen molar-refractivity contribution in [2.45, 2.75) is 6.42 Å². The molecule has 9 heteroatoms. The molecule has 0 aliphatic heterocycles. The summed E-state index contributed by atoms with van der Waals surface area (Å²) in [6, 6.07) is 4.04. The number of carbonyl (C=O) groups is 2. The third kappa shape index (κ3) is 4.71. The lowest BCUT2D eigenvalue weighted by Gasteiger charge is -2.09. The van der Waals surface area contributed by atoms with Crippen molar-refractivity contribution < 1.29 is 23.1 Å². The molecule has 0 bridgehead atoms. The Kier molecular flexibility index (Phi) is 5.34. The summed E-state index contributed by atoms with van der Waals surface area (Å²) in [5, 5.41) is 11.0. The third-order valence-corrected chi connectivity index (χ3v) is 3.91. The fourth-order valence-corrected chi connectivity index (χ4v) is 2.58. The highest BCUT2D eigenvalue weighted by Crippen LogP contribution is 2.21. The van der Waals surface area contributed by atoms with Crippen molar-refractivity contribution in [3.05, 3.63) is 28.8 Å². The molecule has 0 radical (unpaired) electrons. The minimum absolute atomic E-state index is 0.118. The zero-order valence-corrected chi connectivity index (χ0v) is 12.1. The van der Waals surface area contributed by atoms with Crippen LogP contribution in [-0.2, 0) is 14.8 Å². The minimum Gasteiger partial charge on any atom is -0.481 e. The molecule has 1 aromatic rings. The Morgan fingerprint density at radius 1 is 1.35 bits per heavy atom. The van der Waals surface area contributed by atoms with Crippen LogP contribution in [0, 0.1) is 0 Å². The molecule has 3 N–H and O–H groups in total. The molecule has 7 nitrogen and oxygen atoms in total. The van der Waals surface area contributed by atoms with Crippen LogP contribution in [0.2, 0.25) is 5.02 Å². The Bertz CT molecular complexity index is 630. The van der Waals surface area contributed by atoms with Crippen molar-refractivity contribution >= 4 is 39.2 Å². The molecular formula is C11H13ClN2O5S. The van der Waals surface area contributed by atoms with Crippen LogP contribution in [0.3, 0.4) is 0 Å². The van der Waals surface area contributed by atoms with Gasteiger partial charge in [-0.15, -0.1) is 0 Å². The maximum absolute atomic E-state index is 11.6. The van der Waals surface area contributed by atoms with E-state index < -0.39 is 34.1 Å². The van der Waals surface area contributed by atoms with Crippen LogP contribution >= 0.6 is 11.6 Å². The zero-order chi connectivity index (χ0) is 15.3. The molecule has 20 heavy (non-hydrogen) atoms. The molecule has 0 aromatic heterocycles. The summed E-state index contributed by atoms with van der Waals surface area (Å²) in [6.07, 6.45) is -0.509. The SMILES string of the molecule is CNC(=O)c1cc(NS(=O)(=O)CCC(=O)O)ccc1Cl. The van der Waals surface area contributed by atoms with Crippen molar-refractivity contribution in [3.63, 3.8) is 0 Å². The van der Waals surface area contributed by atoms with E-state index in [1.54, 1.807) is 0 Å². The molecule has 110 valence electrons. The van der Waals surface area contributed by atoms with E-state index in [0.717, 1.165) is 0 Å². The first-order chi connectivity index (χ1) is 9.25. The van der Waals surface area contributed by atoms with Crippen LogP contribution in [0.25, 0.3) is 0 Å². The summed E-state index contributed by atoms with van der Waals surface area (Å²) in [7, 11) is -2.38. The largest absolute Gasteiger partial charge is 0.481 e. The Balaban J connectivity index is 2.93. The van der Waals surface area contributed by atoms with Crippen LogP contribution < -0.4 is 10.0 Å². The molecule has 0 aliphatic carbocycles. The van der Waals surface area contributed by atoms with Gasteiger partial charge in [-0.1, -0.05) is 11.6 Å². The fraction of sp³-hybridized carbons (Fsp3) is 0.273. The maximum Gasteiger partial charge on any atom is 0.304 e. The van der Waals surface area contributed by atoms with Gasteiger partial charge in [-0.3, -0.25) is 14.3 Å². The van der Waals surface area contributed by atoms with Crippen molar-refractivity contribution in [2.24, 2.45) is 0 Å². The predicted octanol–water partition coefficient (Wildman–Crippen LogP) is 0.916. The van der Waals surface area contributed by atoms with E-state index in [-0.39, 0.29) is 16.3 Å². The number of nitrogens with one attached hydrogen (secondary N) is 2. The number of halogens is 1. The summed E-state index contributed by atoms with van der Waals surface area (Å²) >= 11 is 5.83. The van der Waals surface area contributed by atoms with Crippen LogP contribution in [0.4, 0.5) is 5.69 Å². The number of hydrogen-bond acceptors (Lipinski definition) is 4. The number of amides is 1. The number of hydrogen-bond donors (Lipinski definition) is 3. The van der Waals surface area contributed by atoms with Gasteiger partial charge in [-0.25, -0.2) is 8.42 Å². The number of carboxylic acids is 1. The van der Waals surface area contributed by atoms with Crippen molar-refractivity contribution in [1.29, 1.82) is 0 Å². The number of aliphatic carboxylic acids is 1. The van der Waals surface area contributed by atoms with Gasteiger partial charge in [0.1, 0.15) is 0 Å². The molecule has 0 heterocycles. The summed E-state index contributed by atoms with van der Waals surface area (Å²) in [6.45, 7) is 0. The summed E-state index contributed by atoms with van der Waals surface area (Å²) in [4.78, 5) is 21.9. The monoisotopic (exact) mass is 320 g/mol. The van der Waals surface area contributed by atoms with Crippen LogP contribution in [0.5, 0.6) is 0 Å². The van der Waals surface area contributed by atoms with Crippen molar-refractivity contribution in [2.75, 3.05) is 17.5 Å². The van der Waals surface area contributed by atoms with Crippen molar-refractivity contribution in [1.82, 2.24) is 5.32 Å². The lowest BCUT2D eigenvalue weighted by molar-refractivity contribution is -0.136. The zero-order valence-electron chi connectivity index (χ0n) is 10.5. The van der Waals surface area contributed by atoms with Gasteiger partial charge in [0.15, 0.2) is 0 Å². The number of rotatable bonds is 6. The van der Waals surface area contributed by atoms with E-state index in [2.05, 4.69) is 10.0 Å². The lowest BCUT2D eigenvalue weighted by atomic mass is 10.2. The lowest BCUT2D eigenvalue weighted by Crippen LogP contribution is -2.21. The molecule has 0 fully saturated rings. The fourth-order valence-electron chi connectivity index (χ4n) is 1.35. The summed E-state index contributed by atoms with van der Waals surface area (Å²) in [5.41, 5.74) is 0.256. The molecule has 0 spiro atoms. The predicted molar refractivity (Wildman–Crippen MR) is 74.5 cm³/mol. The molecule has 1 aromatic carbocycles. The Morgan fingerprint density at radius 3 is 2.55 bits per heavy atom. The molecule has 1 amide bonds. The second-order valence-corrected chi connectivity index (χ2v) is 6.09. The molecule has 0 unspecified atom stereocenters. The van der Waals surface area contributed by atoms with E-state index >= 15 is 0 Å². The van der Waals surface area contributed by atoms with Gasteiger partial charge in [0.05, 0.1) is 22.8 Å². The second kappa shape index (κ2) is 6.58. The van der Waals surface area contributed by atoms with Gasteiger partial charge >= 0.3 is 5.97 Å². The first-order valence-electron chi connectivity index (χ1n) is 5.49. The first-order valence-corrected chi connectivity index (χ1v) is 7.52. The quantitative estimate of drug-likeness (QED) is 0.721. The Morgan fingerprint density at radius 2 is 2.00 bits per heavy atom. The van der Waals surface area contributed by atoms with E-state index in [1.165, 1.54) is 25.2 Å². The van der Waals surface area contributed by atoms with Gasteiger partial charge < -0.3 is 10.4 Å². The van der Waals surface area contributed by atoms with E-state index in [0.29, 0.717) is 0 Å². The molecule has 0 saturated carbocycles. The summed E-state index contributed by atoms with van der Waals surface area (Å²) in [5.74, 6) is -2.22. The number of sulfonamides is 1. The Labute approximate surface area is 121 Å². The highest BCUT2D eigenvalue weighted by molar-refractivity contribution is 7.92. The molecule has 1 rings (SSSR count). The second-order valence-electron chi connectivity index (χ2n) is 3.84. The summed E-state index contributed by atoms with van der Waals surface area (Å²) < 4.78 is 25.5. The topological polar surface area (TPSA) is 113 Å². The van der Waals surface area contributed by atoms with Crippen LogP contribution in [0.1, 0.15) is 16.8 Å². The van der Waals surface area contributed by atoms with Gasteiger partial charge in [-0.2, -0.15) is 0 Å². The molecule has 0 aliphatic rings. The minimum atomic E-state index is -3.80. The molecule has 0 atom stereocenters. The van der Waals surface area contributed by atoms with E-state index in [9.17, 15) is 18.0 Å². The van der Waals surface area contributed by atoms with Gasteiger partial charge in [0.2, 0.25) is 10.0 Å².